The molecule has 1 N–H and O–H groups in total. The third-order valence-corrected chi connectivity index (χ3v) is 7.99. The molecule has 6 aromatic carbocycles. The Bertz CT molecular complexity index is 1940. The summed E-state index contributed by atoms with van der Waals surface area (Å²) in [5, 5.41) is 8.50. The van der Waals surface area contributed by atoms with E-state index >= 15 is 0 Å². The number of para-hydroxylation sites is 1. The molecule has 0 amide bonds. The van der Waals surface area contributed by atoms with E-state index in [1.165, 1.54) is 60.6 Å². The molecule has 1 aliphatic heterocycles. The van der Waals surface area contributed by atoms with Gasteiger partial charge >= 0.3 is 0 Å². The Morgan fingerprint density at radius 3 is 1.92 bits per heavy atom. The van der Waals surface area contributed by atoms with Gasteiger partial charge in [0.15, 0.2) is 0 Å². The van der Waals surface area contributed by atoms with Gasteiger partial charge in [0.05, 0.1) is 0 Å². The zero-order chi connectivity index (χ0) is 25.8. The van der Waals surface area contributed by atoms with E-state index in [9.17, 15) is 0 Å². The summed E-state index contributed by atoms with van der Waals surface area (Å²) in [6.45, 7) is 0.827. The van der Waals surface area contributed by atoms with Gasteiger partial charge in [-0.25, -0.2) is 0 Å². The average molecular weight is 499 g/mol. The van der Waals surface area contributed by atoms with Crippen LogP contribution in [0.4, 0.5) is 11.4 Å². The van der Waals surface area contributed by atoms with Crippen molar-refractivity contribution in [2.24, 2.45) is 0 Å². The summed E-state index contributed by atoms with van der Waals surface area (Å²) in [6.07, 6.45) is 6.37. The van der Waals surface area contributed by atoms with Gasteiger partial charge in [-0.1, -0.05) is 78.9 Å². The van der Waals surface area contributed by atoms with Crippen LogP contribution >= 0.6 is 0 Å². The number of hydrogen-bond donors (Lipinski definition) is 1. The summed E-state index contributed by atoms with van der Waals surface area (Å²) >= 11 is 0. The normalized spacial score (nSPS) is 13.3. The van der Waals surface area contributed by atoms with Crippen LogP contribution in [-0.4, -0.2) is 6.54 Å². The Morgan fingerprint density at radius 2 is 1.21 bits per heavy atom. The molecule has 0 aromatic heterocycles. The van der Waals surface area contributed by atoms with E-state index in [1.54, 1.807) is 0 Å². The molecule has 2 nitrogen and oxygen atoms in total. The second kappa shape index (κ2) is 8.75. The lowest BCUT2D eigenvalue weighted by Crippen LogP contribution is -2.20. The standard InChI is InChI=1S/C37H26N2/c1-2-8-30(9-3-1)39(32-18-20-38-21-19-32)31-16-14-25(15-17-31)27-12-13-28-23-35-33-10-4-6-26-7-5-11-34(37(26)33)36(35)24-29(28)22-27/h1-20,22-24,38H,21H2. The Balaban J connectivity index is 1.18. The molecule has 0 atom stereocenters. The van der Waals surface area contributed by atoms with Gasteiger partial charge < -0.3 is 10.2 Å². The first-order valence-corrected chi connectivity index (χ1v) is 13.5. The lowest BCUT2D eigenvalue weighted by atomic mass is 9.96. The minimum absolute atomic E-state index is 0.827. The van der Waals surface area contributed by atoms with Crippen LogP contribution in [-0.2, 0) is 0 Å². The Labute approximate surface area is 228 Å². The molecule has 0 saturated heterocycles. The number of fused-ring (bicyclic) bond motifs is 4. The summed E-state index contributed by atoms with van der Waals surface area (Å²) in [5.74, 6) is 0. The topological polar surface area (TPSA) is 15.3 Å². The largest absolute Gasteiger partial charge is 0.387 e. The van der Waals surface area contributed by atoms with Crippen LogP contribution in [0.5, 0.6) is 0 Å². The maximum Gasteiger partial charge on any atom is 0.0461 e. The third kappa shape index (κ3) is 3.57. The lowest BCUT2D eigenvalue weighted by Gasteiger charge is -2.28. The maximum absolute atomic E-state index is 3.26. The van der Waals surface area contributed by atoms with Crippen molar-refractivity contribution < 1.29 is 0 Å². The molecule has 1 heterocycles. The molecular weight excluding hydrogens is 472 g/mol. The summed E-state index contributed by atoms with van der Waals surface area (Å²) in [7, 11) is 0. The number of nitrogens with zero attached hydrogens (tertiary/aromatic N) is 1. The molecule has 2 heteroatoms. The fourth-order valence-corrected chi connectivity index (χ4v) is 6.15. The van der Waals surface area contributed by atoms with E-state index in [1.807, 2.05) is 6.20 Å². The van der Waals surface area contributed by atoms with Gasteiger partial charge in [-0.3, -0.25) is 0 Å². The van der Waals surface area contributed by atoms with E-state index in [-0.39, 0.29) is 0 Å². The fourth-order valence-electron chi connectivity index (χ4n) is 6.15. The molecule has 2 aliphatic rings. The number of dihydropyridines is 1. The predicted molar refractivity (Wildman–Crippen MR) is 165 cm³/mol. The molecule has 0 radical (unpaired) electrons. The maximum atomic E-state index is 3.26. The highest BCUT2D eigenvalue weighted by molar-refractivity contribution is 6.17. The van der Waals surface area contributed by atoms with Crippen LogP contribution in [0.25, 0.3) is 54.9 Å². The quantitative estimate of drug-likeness (QED) is 0.260. The highest BCUT2D eigenvalue weighted by atomic mass is 15.1. The molecule has 8 rings (SSSR count). The molecule has 6 aromatic rings. The number of hydrogen-bond acceptors (Lipinski definition) is 2. The minimum atomic E-state index is 0.827. The van der Waals surface area contributed by atoms with Gasteiger partial charge in [0.25, 0.3) is 0 Å². The SMILES string of the molecule is C1=CC(N(c2ccccc2)c2ccc(-c3ccc4cc5c(cc4c3)-c3cccc4cccc-5c34)cc2)=CCN1. The fraction of sp³-hybridized carbons (Fsp3) is 0.0270. The van der Waals surface area contributed by atoms with Gasteiger partial charge in [-0.2, -0.15) is 0 Å². The van der Waals surface area contributed by atoms with E-state index in [4.69, 9.17) is 0 Å². The van der Waals surface area contributed by atoms with Crippen LogP contribution in [0.2, 0.25) is 0 Å². The Hall–Kier alpha value is -5.08. The molecule has 1 aliphatic carbocycles. The van der Waals surface area contributed by atoms with Gasteiger partial charge in [-0.05, 0) is 116 Å². The lowest BCUT2D eigenvalue weighted by molar-refractivity contribution is 0.946. The van der Waals surface area contributed by atoms with Gasteiger partial charge in [0.2, 0.25) is 0 Å². The van der Waals surface area contributed by atoms with Crippen molar-refractivity contribution in [3.63, 3.8) is 0 Å². The van der Waals surface area contributed by atoms with Crippen molar-refractivity contribution in [3.05, 3.63) is 145 Å². The van der Waals surface area contributed by atoms with Crippen LogP contribution < -0.4 is 10.2 Å². The third-order valence-electron chi connectivity index (χ3n) is 7.99. The minimum Gasteiger partial charge on any atom is -0.387 e. The Kier molecular flexibility index (Phi) is 4.92. The van der Waals surface area contributed by atoms with Crippen LogP contribution in [0.3, 0.4) is 0 Å². The zero-order valence-electron chi connectivity index (χ0n) is 21.4. The summed E-state index contributed by atoms with van der Waals surface area (Å²) in [5.41, 5.74) is 11.3. The molecule has 0 unspecified atom stereocenters. The average Bonchev–Trinajstić information content (AvgIpc) is 3.31. The van der Waals surface area contributed by atoms with Crippen LogP contribution in [0, 0.1) is 0 Å². The smallest absolute Gasteiger partial charge is 0.0461 e. The zero-order valence-corrected chi connectivity index (χ0v) is 21.4. The summed E-state index contributed by atoms with van der Waals surface area (Å²) in [6, 6.07) is 44.4. The summed E-state index contributed by atoms with van der Waals surface area (Å²) in [4.78, 5) is 2.31. The number of nitrogens with one attached hydrogen (secondary N) is 1. The molecule has 0 bridgehead atoms. The molecule has 184 valence electrons. The molecule has 0 saturated carbocycles. The predicted octanol–water partition coefficient (Wildman–Crippen LogP) is 9.45. The highest BCUT2D eigenvalue weighted by Gasteiger charge is 2.21. The van der Waals surface area contributed by atoms with Crippen molar-refractivity contribution in [2.75, 3.05) is 11.4 Å². The van der Waals surface area contributed by atoms with Gasteiger partial charge in [0.1, 0.15) is 0 Å². The van der Waals surface area contributed by atoms with E-state index in [2.05, 4.69) is 144 Å². The second-order valence-corrected chi connectivity index (χ2v) is 10.3. The molecule has 39 heavy (non-hydrogen) atoms. The molecule has 0 fully saturated rings. The van der Waals surface area contributed by atoms with E-state index in [0.717, 1.165) is 17.9 Å². The first-order valence-electron chi connectivity index (χ1n) is 13.5. The highest BCUT2D eigenvalue weighted by Crippen LogP contribution is 2.48. The number of benzene rings is 6. The number of rotatable bonds is 4. The van der Waals surface area contributed by atoms with Crippen molar-refractivity contribution >= 4 is 32.9 Å². The van der Waals surface area contributed by atoms with Crippen LogP contribution in [0.1, 0.15) is 0 Å². The van der Waals surface area contributed by atoms with Crippen molar-refractivity contribution in [1.29, 1.82) is 0 Å². The van der Waals surface area contributed by atoms with Crippen LogP contribution in [0.15, 0.2) is 145 Å². The monoisotopic (exact) mass is 498 g/mol. The van der Waals surface area contributed by atoms with Crippen molar-refractivity contribution in [1.82, 2.24) is 5.32 Å². The van der Waals surface area contributed by atoms with Gasteiger partial charge in [-0.15, -0.1) is 0 Å². The van der Waals surface area contributed by atoms with Crippen molar-refractivity contribution in [3.8, 4) is 33.4 Å². The van der Waals surface area contributed by atoms with E-state index < -0.39 is 0 Å². The first-order chi connectivity index (χ1) is 19.3. The van der Waals surface area contributed by atoms with Crippen molar-refractivity contribution in [2.45, 2.75) is 0 Å². The summed E-state index contributed by atoms with van der Waals surface area (Å²) < 4.78 is 0. The second-order valence-electron chi connectivity index (χ2n) is 10.3. The number of anilines is 2. The molecule has 0 spiro atoms. The first kappa shape index (κ1) is 22.0. The molecular formula is C37H26N2. The van der Waals surface area contributed by atoms with E-state index in [0.29, 0.717) is 0 Å². The van der Waals surface area contributed by atoms with Gasteiger partial charge in [0, 0.05) is 23.6 Å². The Morgan fingerprint density at radius 1 is 0.513 bits per heavy atom. The number of allylic oxidation sites excluding steroid dienone is 1.